The molecule has 1 aromatic carbocycles. The van der Waals surface area contributed by atoms with Crippen LogP contribution in [0.25, 0.3) is 0 Å². The number of benzene rings is 1. The van der Waals surface area contributed by atoms with E-state index in [0.29, 0.717) is 0 Å². The molecule has 0 saturated heterocycles. The van der Waals surface area contributed by atoms with E-state index < -0.39 is 0 Å². The summed E-state index contributed by atoms with van der Waals surface area (Å²) in [7, 11) is 0. The van der Waals surface area contributed by atoms with Gasteiger partial charge in [-0.05, 0) is 44.0 Å². The van der Waals surface area contributed by atoms with Gasteiger partial charge in [-0.15, -0.1) is 0 Å². The molecule has 2 aromatic rings. The monoisotopic (exact) mass is 784 g/mol. The van der Waals surface area contributed by atoms with Gasteiger partial charge >= 0.3 is 0 Å². The topological polar surface area (TPSA) is 7.12 Å². The molecule has 0 bridgehead atoms. The zero-order valence-corrected chi connectivity index (χ0v) is 38.6. The van der Waals surface area contributed by atoms with Gasteiger partial charge in [0.2, 0.25) is 0 Å². The highest BCUT2D eigenvalue weighted by Gasteiger charge is 2.07. The highest BCUT2D eigenvalue weighted by molar-refractivity contribution is 5.51. The summed E-state index contributed by atoms with van der Waals surface area (Å²) in [6, 6.07) is 13.3. The van der Waals surface area contributed by atoms with Crippen LogP contribution in [-0.2, 0) is 6.54 Å². The minimum absolute atomic E-state index is 0.991. The molecule has 2 rings (SSSR count). The van der Waals surface area contributed by atoms with Crippen molar-refractivity contribution in [1.29, 1.82) is 0 Å². The molecular weight excluding hydrogens is 689 g/mol. The van der Waals surface area contributed by atoms with E-state index >= 15 is 0 Å². The molecule has 0 fully saturated rings. The third-order valence-electron chi connectivity index (χ3n) is 12.4. The molecule has 2 nitrogen and oxygen atoms in total. The molecule has 0 atom stereocenters. The Balaban J connectivity index is 1.60. The number of rotatable bonds is 40. The van der Waals surface area contributed by atoms with Gasteiger partial charge in [-0.1, -0.05) is 244 Å². The van der Waals surface area contributed by atoms with Crippen molar-refractivity contribution >= 4 is 5.69 Å². The van der Waals surface area contributed by atoms with Crippen molar-refractivity contribution in [2.45, 2.75) is 258 Å². The summed E-state index contributed by atoms with van der Waals surface area (Å²) in [6.07, 6.45) is 55.8. The Morgan fingerprint density at radius 3 is 0.877 bits per heavy atom. The van der Waals surface area contributed by atoms with E-state index in [1.165, 1.54) is 250 Å². The lowest BCUT2D eigenvalue weighted by atomic mass is 10.0. The molecule has 0 aliphatic carbocycles. The van der Waals surface area contributed by atoms with E-state index in [-0.39, 0.29) is 0 Å². The molecule has 0 spiro atoms. The Morgan fingerprint density at radius 2 is 0.596 bits per heavy atom. The van der Waals surface area contributed by atoms with Crippen LogP contribution in [-0.4, -0.2) is 13.1 Å². The van der Waals surface area contributed by atoms with Gasteiger partial charge in [-0.2, -0.15) is 0 Å². The highest BCUT2D eigenvalue weighted by atomic mass is 15.1. The fraction of sp³-hybridized carbons (Fsp3) is 0.764. The second-order valence-corrected chi connectivity index (χ2v) is 17.7. The summed E-state index contributed by atoms with van der Waals surface area (Å²) in [5, 5.41) is 0. The average Bonchev–Trinajstić information content (AvgIpc) is 3.24. The number of pyridine rings is 1. The second-order valence-electron chi connectivity index (χ2n) is 17.7. The van der Waals surface area contributed by atoms with Crippen LogP contribution in [0.4, 0.5) is 5.69 Å². The number of hydrogen-bond donors (Lipinski definition) is 0. The van der Waals surface area contributed by atoms with Crippen LogP contribution in [0.2, 0.25) is 0 Å². The molecule has 2 heteroatoms. The molecule has 1 aromatic heterocycles. The van der Waals surface area contributed by atoms with E-state index in [1.54, 1.807) is 0 Å². The summed E-state index contributed by atoms with van der Waals surface area (Å²) < 4.78 is 2.18. The first-order valence-corrected chi connectivity index (χ1v) is 25.6. The normalized spacial score (nSPS) is 11.2. The largest absolute Gasteiger partial charge is 0.372 e. The van der Waals surface area contributed by atoms with Crippen molar-refractivity contribution in [3.8, 4) is 11.8 Å². The maximum Gasteiger partial charge on any atom is 0.170 e. The zero-order chi connectivity index (χ0) is 40.5. The van der Waals surface area contributed by atoms with Crippen molar-refractivity contribution in [2.24, 2.45) is 0 Å². The minimum Gasteiger partial charge on any atom is -0.372 e. The highest BCUT2D eigenvalue weighted by Crippen LogP contribution is 2.20. The number of anilines is 1. The molecule has 0 N–H and O–H groups in total. The lowest BCUT2D eigenvalue weighted by Crippen LogP contribution is -2.30. The lowest BCUT2D eigenvalue weighted by Gasteiger charge is -2.25. The SMILES string of the molecule is CCCCCCCCCCCCCCCCCCCCN(CCCCCCCCCCCCCCCCCCCC)c1ccc(C#Cc2cc[n+](CC)cc2)cc1. The van der Waals surface area contributed by atoms with Crippen LogP contribution < -0.4 is 9.47 Å². The van der Waals surface area contributed by atoms with Crippen molar-refractivity contribution < 1.29 is 4.57 Å². The van der Waals surface area contributed by atoms with E-state index in [0.717, 1.165) is 17.7 Å². The molecule has 324 valence electrons. The summed E-state index contributed by atoms with van der Waals surface area (Å²) >= 11 is 0. The second kappa shape index (κ2) is 39.2. The zero-order valence-electron chi connectivity index (χ0n) is 38.6. The summed E-state index contributed by atoms with van der Waals surface area (Å²) in [4.78, 5) is 2.68. The first-order chi connectivity index (χ1) is 28.3. The fourth-order valence-corrected chi connectivity index (χ4v) is 8.43. The van der Waals surface area contributed by atoms with Gasteiger partial charge in [0.05, 0.1) is 0 Å². The maximum atomic E-state index is 3.40. The minimum atomic E-state index is 0.991. The first-order valence-electron chi connectivity index (χ1n) is 25.6. The molecule has 57 heavy (non-hydrogen) atoms. The standard InChI is InChI=1S/C55H95N2/c1-4-7-9-11-13-15-17-19-21-23-25-27-29-31-33-35-37-39-49-57(55-45-43-53(44-46-55)41-42-54-47-51-56(6-3)52-48-54)50-40-38-36-34-32-30-28-26-24-22-20-18-16-14-12-10-8-5-2/h43-48,51-52H,4-40,49-50H2,1-3H3/q+1. The van der Waals surface area contributed by atoms with Gasteiger partial charge < -0.3 is 4.90 Å². The molecular formula is C55H95N2+. The van der Waals surface area contributed by atoms with Gasteiger partial charge in [0.1, 0.15) is 6.54 Å². The Morgan fingerprint density at radius 1 is 0.333 bits per heavy atom. The van der Waals surface area contributed by atoms with Gasteiger partial charge in [0.15, 0.2) is 12.4 Å². The Kier molecular flexibility index (Phi) is 35.0. The van der Waals surface area contributed by atoms with Crippen molar-refractivity contribution in [3.63, 3.8) is 0 Å². The number of hydrogen-bond acceptors (Lipinski definition) is 1. The Hall–Kier alpha value is -2.27. The van der Waals surface area contributed by atoms with Crippen molar-refractivity contribution in [3.05, 3.63) is 59.9 Å². The fourth-order valence-electron chi connectivity index (χ4n) is 8.43. The number of nitrogens with zero attached hydrogens (tertiary/aromatic N) is 2. The number of unbranched alkanes of at least 4 members (excludes halogenated alkanes) is 34. The van der Waals surface area contributed by atoms with Gasteiger partial charge in [0, 0.05) is 42.0 Å². The molecule has 1 heterocycles. The van der Waals surface area contributed by atoms with Crippen molar-refractivity contribution in [2.75, 3.05) is 18.0 Å². The first kappa shape index (κ1) is 50.9. The number of aromatic nitrogens is 1. The summed E-state index contributed by atoms with van der Waals surface area (Å²) in [5.41, 5.74) is 3.56. The van der Waals surface area contributed by atoms with Crippen molar-refractivity contribution in [1.82, 2.24) is 0 Å². The van der Waals surface area contributed by atoms with Crippen LogP contribution in [0.1, 0.15) is 263 Å². The van der Waals surface area contributed by atoms with E-state index in [2.05, 4.69) is 90.9 Å². The van der Waals surface area contributed by atoms with Crippen LogP contribution >= 0.6 is 0 Å². The Bertz CT molecular complexity index is 1130. The molecule has 0 unspecified atom stereocenters. The summed E-state index contributed by atoms with van der Waals surface area (Å²) in [6.45, 7) is 10.1. The quantitative estimate of drug-likeness (QED) is 0.0371. The molecule has 0 saturated carbocycles. The molecule has 0 amide bonds. The molecule has 0 aliphatic heterocycles. The third-order valence-corrected chi connectivity index (χ3v) is 12.4. The van der Waals surface area contributed by atoms with Crippen LogP contribution in [0, 0.1) is 11.8 Å². The molecule has 0 radical (unpaired) electrons. The predicted molar refractivity (Wildman–Crippen MR) is 255 cm³/mol. The number of aryl methyl sites for hydroxylation is 1. The van der Waals surface area contributed by atoms with Gasteiger partial charge in [0.25, 0.3) is 0 Å². The van der Waals surface area contributed by atoms with Gasteiger partial charge in [-0.3, -0.25) is 0 Å². The van der Waals surface area contributed by atoms with Crippen LogP contribution in [0.15, 0.2) is 48.8 Å². The van der Waals surface area contributed by atoms with Crippen LogP contribution in [0.5, 0.6) is 0 Å². The Labute approximate surface area is 357 Å². The lowest BCUT2D eigenvalue weighted by molar-refractivity contribution is -0.693. The predicted octanol–water partition coefficient (Wildman–Crippen LogP) is 17.3. The van der Waals surface area contributed by atoms with E-state index in [1.807, 2.05) is 0 Å². The van der Waals surface area contributed by atoms with Crippen LogP contribution in [0.3, 0.4) is 0 Å². The molecule has 0 aliphatic rings. The van der Waals surface area contributed by atoms with Gasteiger partial charge in [-0.25, -0.2) is 4.57 Å². The third kappa shape index (κ3) is 30.4. The smallest absolute Gasteiger partial charge is 0.170 e. The summed E-state index contributed by atoms with van der Waals surface area (Å²) in [5.74, 6) is 6.76. The van der Waals surface area contributed by atoms with E-state index in [9.17, 15) is 0 Å². The maximum absolute atomic E-state index is 3.40. The average molecular weight is 784 g/mol. The van der Waals surface area contributed by atoms with E-state index in [4.69, 9.17) is 0 Å².